The highest BCUT2D eigenvalue weighted by atomic mass is 16.5. The molecule has 3 heterocycles. The Morgan fingerprint density at radius 2 is 2.25 bits per heavy atom. The molecule has 1 aromatic heterocycles. The van der Waals surface area contributed by atoms with Crippen LogP contribution in [0.2, 0.25) is 0 Å². The molecule has 1 N–H and O–H groups in total. The fourth-order valence-corrected chi connectivity index (χ4v) is 3.52. The number of hydrogen-bond donors (Lipinski definition) is 1. The number of nitrogens with one attached hydrogen (secondary N) is 1. The fraction of sp³-hybridized carbons (Fsp3) is 0.688. The second-order valence-corrected chi connectivity index (χ2v) is 5.95. The standard InChI is InChI=1S/C16H25N3O/c1-2-17-14-6-12-20-16(13-14)7-10-19(11-8-16)15-5-3-4-9-18-15/h3-5,9,14,17H,2,6-8,10-13H2,1H3/t14-/m1/s1. The van der Waals surface area contributed by atoms with Crippen molar-refractivity contribution in [1.29, 1.82) is 0 Å². The molecular formula is C16H25N3O. The summed E-state index contributed by atoms with van der Waals surface area (Å²) in [6.45, 7) is 6.25. The lowest BCUT2D eigenvalue weighted by Gasteiger charge is -2.46. The summed E-state index contributed by atoms with van der Waals surface area (Å²) in [7, 11) is 0. The number of hydrogen-bond acceptors (Lipinski definition) is 4. The molecule has 2 aliphatic rings. The first kappa shape index (κ1) is 13.8. The molecule has 2 saturated heterocycles. The van der Waals surface area contributed by atoms with E-state index in [-0.39, 0.29) is 5.60 Å². The largest absolute Gasteiger partial charge is 0.375 e. The van der Waals surface area contributed by atoms with Crippen molar-refractivity contribution in [3.05, 3.63) is 24.4 Å². The minimum Gasteiger partial charge on any atom is -0.375 e. The van der Waals surface area contributed by atoms with Gasteiger partial charge < -0.3 is 15.0 Å². The molecule has 4 nitrogen and oxygen atoms in total. The normalized spacial score (nSPS) is 25.9. The number of pyridine rings is 1. The van der Waals surface area contributed by atoms with Crippen LogP contribution in [0.3, 0.4) is 0 Å². The number of ether oxygens (including phenoxy) is 1. The molecule has 110 valence electrons. The molecule has 1 atom stereocenters. The highest BCUT2D eigenvalue weighted by Gasteiger charge is 2.40. The third kappa shape index (κ3) is 2.96. The van der Waals surface area contributed by atoms with Crippen LogP contribution in [-0.2, 0) is 4.74 Å². The van der Waals surface area contributed by atoms with Crippen LogP contribution in [0, 0.1) is 0 Å². The first-order valence-electron chi connectivity index (χ1n) is 7.85. The molecule has 0 amide bonds. The van der Waals surface area contributed by atoms with E-state index in [0.29, 0.717) is 6.04 Å². The number of rotatable bonds is 3. The zero-order valence-corrected chi connectivity index (χ0v) is 12.3. The Hall–Kier alpha value is -1.13. The zero-order chi connectivity index (χ0) is 13.8. The van der Waals surface area contributed by atoms with Crippen LogP contribution in [-0.4, -0.2) is 42.9 Å². The number of aromatic nitrogens is 1. The lowest BCUT2D eigenvalue weighted by molar-refractivity contribution is -0.102. The van der Waals surface area contributed by atoms with Gasteiger partial charge in [0.1, 0.15) is 5.82 Å². The molecule has 4 heteroatoms. The van der Waals surface area contributed by atoms with Gasteiger partial charge in [0, 0.05) is 31.9 Å². The summed E-state index contributed by atoms with van der Waals surface area (Å²) >= 11 is 0. The van der Waals surface area contributed by atoms with Crippen LogP contribution in [0.4, 0.5) is 5.82 Å². The lowest BCUT2D eigenvalue weighted by atomic mass is 9.82. The highest BCUT2D eigenvalue weighted by molar-refractivity contribution is 5.38. The van der Waals surface area contributed by atoms with Crippen LogP contribution in [0.1, 0.15) is 32.6 Å². The van der Waals surface area contributed by atoms with E-state index in [1.54, 1.807) is 0 Å². The maximum Gasteiger partial charge on any atom is 0.128 e. The Kier molecular flexibility index (Phi) is 4.22. The van der Waals surface area contributed by atoms with Gasteiger partial charge in [0.05, 0.1) is 5.60 Å². The van der Waals surface area contributed by atoms with Gasteiger partial charge in [-0.15, -0.1) is 0 Å². The average Bonchev–Trinajstić information content (AvgIpc) is 2.49. The van der Waals surface area contributed by atoms with Gasteiger partial charge in [-0.2, -0.15) is 0 Å². The minimum atomic E-state index is 0.108. The molecule has 0 aromatic carbocycles. The van der Waals surface area contributed by atoms with Gasteiger partial charge in [0.15, 0.2) is 0 Å². The second-order valence-electron chi connectivity index (χ2n) is 5.95. The monoisotopic (exact) mass is 275 g/mol. The molecule has 2 aliphatic heterocycles. The second kappa shape index (κ2) is 6.10. The zero-order valence-electron chi connectivity index (χ0n) is 12.3. The van der Waals surface area contributed by atoms with Crippen LogP contribution < -0.4 is 10.2 Å². The van der Waals surface area contributed by atoms with E-state index >= 15 is 0 Å². The first-order valence-corrected chi connectivity index (χ1v) is 7.85. The Morgan fingerprint density at radius 3 is 2.95 bits per heavy atom. The van der Waals surface area contributed by atoms with E-state index in [2.05, 4.69) is 34.3 Å². The Bertz CT molecular complexity index is 413. The van der Waals surface area contributed by atoms with Crippen molar-refractivity contribution in [2.45, 2.75) is 44.2 Å². The van der Waals surface area contributed by atoms with Crippen LogP contribution in [0.5, 0.6) is 0 Å². The SMILES string of the molecule is CCN[C@@H]1CCOC2(CCN(c3ccccn3)CC2)C1. The predicted octanol–water partition coefficient (Wildman–Crippen LogP) is 2.21. The third-order valence-electron chi connectivity index (χ3n) is 4.63. The van der Waals surface area contributed by atoms with Crippen molar-refractivity contribution in [3.63, 3.8) is 0 Å². The van der Waals surface area contributed by atoms with Crippen LogP contribution in [0.15, 0.2) is 24.4 Å². The Labute approximate surface area is 121 Å². The smallest absolute Gasteiger partial charge is 0.128 e. The molecule has 0 unspecified atom stereocenters. The molecule has 1 spiro atoms. The van der Waals surface area contributed by atoms with Crippen molar-refractivity contribution >= 4 is 5.82 Å². The van der Waals surface area contributed by atoms with Crippen molar-refractivity contribution in [2.24, 2.45) is 0 Å². The highest BCUT2D eigenvalue weighted by Crippen LogP contribution is 2.35. The summed E-state index contributed by atoms with van der Waals surface area (Å²) in [5.74, 6) is 1.10. The van der Waals surface area contributed by atoms with Crippen LogP contribution >= 0.6 is 0 Å². The van der Waals surface area contributed by atoms with Crippen molar-refractivity contribution in [2.75, 3.05) is 31.1 Å². The molecule has 2 fully saturated rings. The molecule has 0 radical (unpaired) electrons. The molecule has 0 bridgehead atoms. The lowest BCUT2D eigenvalue weighted by Crippen LogP contribution is -2.53. The summed E-state index contributed by atoms with van der Waals surface area (Å²) < 4.78 is 6.18. The average molecular weight is 275 g/mol. The van der Waals surface area contributed by atoms with Gasteiger partial charge in [0.25, 0.3) is 0 Å². The number of anilines is 1. The number of nitrogens with zero attached hydrogens (tertiary/aromatic N) is 2. The van der Waals surface area contributed by atoms with Gasteiger partial charge in [-0.3, -0.25) is 0 Å². The Morgan fingerprint density at radius 1 is 1.40 bits per heavy atom. The summed E-state index contributed by atoms with van der Waals surface area (Å²) in [5.41, 5.74) is 0.108. The maximum atomic E-state index is 6.18. The Balaban J connectivity index is 1.60. The molecule has 0 aliphatic carbocycles. The maximum absolute atomic E-state index is 6.18. The van der Waals surface area contributed by atoms with Gasteiger partial charge in [-0.1, -0.05) is 13.0 Å². The van der Waals surface area contributed by atoms with E-state index in [0.717, 1.165) is 57.7 Å². The summed E-state index contributed by atoms with van der Waals surface area (Å²) in [6, 6.07) is 6.77. The third-order valence-corrected chi connectivity index (χ3v) is 4.63. The van der Waals surface area contributed by atoms with E-state index in [9.17, 15) is 0 Å². The molecular weight excluding hydrogens is 250 g/mol. The number of piperidine rings is 1. The van der Waals surface area contributed by atoms with E-state index in [1.165, 1.54) is 0 Å². The minimum absolute atomic E-state index is 0.108. The van der Waals surface area contributed by atoms with Gasteiger partial charge >= 0.3 is 0 Å². The van der Waals surface area contributed by atoms with E-state index in [1.807, 2.05) is 12.3 Å². The molecule has 0 saturated carbocycles. The molecule has 1 aromatic rings. The summed E-state index contributed by atoms with van der Waals surface area (Å²) in [5, 5.41) is 3.59. The van der Waals surface area contributed by atoms with Crippen molar-refractivity contribution in [1.82, 2.24) is 10.3 Å². The van der Waals surface area contributed by atoms with E-state index in [4.69, 9.17) is 4.74 Å². The molecule has 3 rings (SSSR count). The van der Waals surface area contributed by atoms with Gasteiger partial charge in [-0.05, 0) is 44.4 Å². The fourth-order valence-electron chi connectivity index (χ4n) is 3.52. The van der Waals surface area contributed by atoms with Crippen LogP contribution in [0.25, 0.3) is 0 Å². The molecule has 20 heavy (non-hydrogen) atoms. The quantitative estimate of drug-likeness (QED) is 0.918. The summed E-state index contributed by atoms with van der Waals surface area (Å²) in [4.78, 5) is 6.83. The topological polar surface area (TPSA) is 37.4 Å². The van der Waals surface area contributed by atoms with E-state index < -0.39 is 0 Å². The summed E-state index contributed by atoms with van der Waals surface area (Å²) in [6.07, 6.45) is 6.42. The van der Waals surface area contributed by atoms with Crippen molar-refractivity contribution < 1.29 is 4.74 Å². The van der Waals surface area contributed by atoms with Gasteiger partial charge in [0.2, 0.25) is 0 Å². The van der Waals surface area contributed by atoms with Crippen molar-refractivity contribution in [3.8, 4) is 0 Å². The first-order chi connectivity index (χ1) is 9.81. The van der Waals surface area contributed by atoms with Gasteiger partial charge in [-0.25, -0.2) is 4.98 Å². The predicted molar refractivity (Wildman–Crippen MR) is 81.1 cm³/mol.